The molecule has 3 aromatic heterocycles. The molecule has 28 heavy (non-hydrogen) atoms. The van der Waals surface area contributed by atoms with Crippen molar-refractivity contribution in [2.45, 2.75) is 13.0 Å². The summed E-state index contributed by atoms with van der Waals surface area (Å²) in [4.78, 5) is 21.5. The molecule has 10 heteroatoms. The lowest BCUT2D eigenvalue weighted by Gasteiger charge is -2.13. The molecule has 3 heterocycles. The molecule has 0 aliphatic carbocycles. The van der Waals surface area contributed by atoms with Gasteiger partial charge in [-0.05, 0) is 19.1 Å². The van der Waals surface area contributed by atoms with Crippen LogP contribution in [0.5, 0.6) is 6.01 Å². The van der Waals surface area contributed by atoms with Gasteiger partial charge in [0.1, 0.15) is 15.8 Å². The third kappa shape index (κ3) is 3.25. The number of aromatic amines is 1. The first-order valence-corrected chi connectivity index (χ1v) is 9.44. The van der Waals surface area contributed by atoms with E-state index in [9.17, 15) is 4.79 Å². The Hall–Kier alpha value is -3.17. The van der Waals surface area contributed by atoms with Crippen molar-refractivity contribution in [3.05, 3.63) is 52.1 Å². The lowest BCUT2D eigenvalue weighted by atomic mass is 10.1. The highest BCUT2D eigenvalue weighted by Gasteiger charge is 2.22. The number of halogens is 1. The number of primary amides is 1. The van der Waals surface area contributed by atoms with Crippen LogP contribution in [0.15, 0.2) is 36.7 Å². The van der Waals surface area contributed by atoms with Crippen molar-refractivity contribution in [3.63, 3.8) is 0 Å². The van der Waals surface area contributed by atoms with Crippen molar-refractivity contribution in [1.29, 1.82) is 0 Å². The van der Waals surface area contributed by atoms with E-state index in [-0.39, 0.29) is 22.7 Å². The van der Waals surface area contributed by atoms with E-state index in [4.69, 9.17) is 27.8 Å². The van der Waals surface area contributed by atoms with Crippen LogP contribution in [0.3, 0.4) is 0 Å². The number of benzene rings is 1. The number of nitrogen functional groups attached to an aromatic ring is 1. The molecule has 0 fully saturated rings. The van der Waals surface area contributed by atoms with E-state index in [1.54, 1.807) is 30.6 Å². The van der Waals surface area contributed by atoms with Gasteiger partial charge in [-0.2, -0.15) is 15.1 Å². The van der Waals surface area contributed by atoms with E-state index in [2.05, 4.69) is 20.2 Å². The predicted molar refractivity (Wildman–Crippen MR) is 108 cm³/mol. The molecule has 1 amide bonds. The zero-order valence-electron chi connectivity index (χ0n) is 14.6. The summed E-state index contributed by atoms with van der Waals surface area (Å²) < 4.78 is 5.90. The Bertz CT molecular complexity index is 1170. The number of amides is 1. The molecule has 0 aliphatic rings. The second-order valence-corrected chi connectivity index (χ2v) is 7.48. The minimum absolute atomic E-state index is 0.147. The molecular formula is C18H15ClN6O2S. The Morgan fingerprint density at radius 3 is 2.86 bits per heavy atom. The molecule has 142 valence electrons. The SMILES string of the molecule is CC(Oc1nc(-c2cccc(Cl)c2)c2c(N)c(C(N)=O)sc2n1)c1cn[nH]c1. The number of hydrogen-bond donors (Lipinski definition) is 3. The fourth-order valence-electron chi connectivity index (χ4n) is 2.79. The first kappa shape index (κ1) is 18.2. The number of rotatable bonds is 5. The standard InChI is InChI=1S/C18H15ClN6O2S/c1-8(10-6-22-23-7-10)27-18-24-14(9-3-2-4-11(19)5-9)12-13(20)15(16(21)26)28-17(12)25-18/h2-8H,20H2,1H3,(H2,21,26)(H,22,23). The molecule has 4 aromatic rings. The van der Waals surface area contributed by atoms with E-state index in [0.29, 0.717) is 20.9 Å². The van der Waals surface area contributed by atoms with Crippen LogP contribution in [0.25, 0.3) is 21.5 Å². The van der Waals surface area contributed by atoms with Crippen molar-refractivity contribution in [2.75, 3.05) is 5.73 Å². The van der Waals surface area contributed by atoms with Crippen LogP contribution in [-0.2, 0) is 0 Å². The number of ether oxygens (including phenoxy) is 1. The van der Waals surface area contributed by atoms with Gasteiger partial charge in [0.2, 0.25) is 0 Å². The fraction of sp³-hybridized carbons (Fsp3) is 0.111. The van der Waals surface area contributed by atoms with Gasteiger partial charge < -0.3 is 16.2 Å². The van der Waals surface area contributed by atoms with Crippen LogP contribution in [0.1, 0.15) is 28.3 Å². The third-order valence-corrected chi connectivity index (χ3v) is 5.51. The minimum Gasteiger partial charge on any atom is -0.455 e. The maximum atomic E-state index is 11.8. The summed E-state index contributed by atoms with van der Waals surface area (Å²) in [6.45, 7) is 1.86. The summed E-state index contributed by atoms with van der Waals surface area (Å²) in [7, 11) is 0. The molecule has 0 saturated carbocycles. The molecule has 0 spiro atoms. The summed E-state index contributed by atoms with van der Waals surface area (Å²) in [5, 5.41) is 7.75. The van der Waals surface area contributed by atoms with Gasteiger partial charge in [-0.1, -0.05) is 23.7 Å². The Morgan fingerprint density at radius 2 is 2.18 bits per heavy atom. The number of hydrogen-bond acceptors (Lipinski definition) is 7. The Labute approximate surface area is 168 Å². The maximum absolute atomic E-state index is 11.8. The van der Waals surface area contributed by atoms with E-state index in [1.165, 1.54) is 0 Å². The van der Waals surface area contributed by atoms with Crippen molar-refractivity contribution in [3.8, 4) is 17.3 Å². The van der Waals surface area contributed by atoms with Gasteiger partial charge in [0.25, 0.3) is 5.91 Å². The lowest BCUT2D eigenvalue weighted by Crippen LogP contribution is -2.10. The number of nitrogens with zero attached hydrogens (tertiary/aromatic N) is 3. The number of fused-ring (bicyclic) bond motifs is 1. The smallest absolute Gasteiger partial charge is 0.318 e. The zero-order chi connectivity index (χ0) is 19.8. The molecule has 0 bridgehead atoms. The Kier molecular flexibility index (Phi) is 4.62. The first-order chi connectivity index (χ1) is 13.4. The number of H-pyrrole nitrogens is 1. The van der Waals surface area contributed by atoms with Crippen LogP contribution in [0.4, 0.5) is 5.69 Å². The highest BCUT2D eigenvalue weighted by atomic mass is 35.5. The van der Waals surface area contributed by atoms with E-state index < -0.39 is 5.91 Å². The minimum atomic E-state index is -0.619. The summed E-state index contributed by atoms with van der Waals surface area (Å²) >= 11 is 7.25. The van der Waals surface area contributed by atoms with Gasteiger partial charge >= 0.3 is 6.01 Å². The van der Waals surface area contributed by atoms with Crippen LogP contribution in [-0.4, -0.2) is 26.1 Å². The van der Waals surface area contributed by atoms with Crippen molar-refractivity contribution in [1.82, 2.24) is 20.2 Å². The number of nitrogens with one attached hydrogen (secondary N) is 1. The van der Waals surface area contributed by atoms with Crippen LogP contribution < -0.4 is 16.2 Å². The quantitative estimate of drug-likeness (QED) is 0.457. The highest BCUT2D eigenvalue weighted by molar-refractivity contribution is 7.21. The Balaban J connectivity index is 1.89. The second-order valence-electron chi connectivity index (χ2n) is 6.05. The van der Waals surface area contributed by atoms with Crippen LogP contribution in [0, 0.1) is 0 Å². The van der Waals surface area contributed by atoms with Gasteiger partial charge in [0.05, 0.1) is 23.0 Å². The number of carbonyl (C=O) groups excluding carboxylic acids is 1. The van der Waals surface area contributed by atoms with Gasteiger partial charge in [-0.25, -0.2) is 0 Å². The summed E-state index contributed by atoms with van der Waals surface area (Å²) in [6, 6.07) is 7.31. The molecule has 8 nitrogen and oxygen atoms in total. The summed E-state index contributed by atoms with van der Waals surface area (Å²) in [6.07, 6.45) is 3.06. The number of carbonyl (C=O) groups is 1. The van der Waals surface area contributed by atoms with Crippen molar-refractivity contribution >= 4 is 44.7 Å². The van der Waals surface area contributed by atoms with E-state index in [0.717, 1.165) is 22.5 Å². The molecule has 0 radical (unpaired) electrons. The lowest BCUT2D eigenvalue weighted by molar-refractivity contribution is 0.100. The average molecular weight is 415 g/mol. The maximum Gasteiger partial charge on any atom is 0.318 e. The normalized spacial score (nSPS) is 12.2. The zero-order valence-corrected chi connectivity index (χ0v) is 16.2. The van der Waals surface area contributed by atoms with Gasteiger partial charge in [0.15, 0.2) is 0 Å². The molecule has 1 unspecified atom stereocenters. The largest absolute Gasteiger partial charge is 0.455 e. The first-order valence-electron chi connectivity index (χ1n) is 8.25. The van der Waals surface area contributed by atoms with Crippen LogP contribution >= 0.6 is 22.9 Å². The summed E-state index contributed by atoms with van der Waals surface area (Å²) in [5.41, 5.74) is 14.0. The molecule has 0 saturated heterocycles. The average Bonchev–Trinajstić information content (AvgIpc) is 3.30. The van der Waals surface area contributed by atoms with Crippen molar-refractivity contribution in [2.24, 2.45) is 5.73 Å². The van der Waals surface area contributed by atoms with Gasteiger partial charge in [-0.3, -0.25) is 9.89 Å². The predicted octanol–water partition coefficient (Wildman–Crippen LogP) is 3.56. The van der Waals surface area contributed by atoms with Gasteiger partial charge in [0, 0.05) is 22.3 Å². The molecule has 4 rings (SSSR count). The molecule has 1 atom stereocenters. The molecule has 1 aromatic carbocycles. The number of thiophene rings is 1. The molecular weight excluding hydrogens is 400 g/mol. The fourth-order valence-corrected chi connectivity index (χ4v) is 3.92. The third-order valence-electron chi connectivity index (χ3n) is 4.16. The van der Waals surface area contributed by atoms with Crippen LogP contribution in [0.2, 0.25) is 5.02 Å². The number of nitrogens with two attached hydrogens (primary N) is 2. The van der Waals surface area contributed by atoms with E-state index >= 15 is 0 Å². The summed E-state index contributed by atoms with van der Waals surface area (Å²) in [5.74, 6) is -0.619. The van der Waals surface area contributed by atoms with Crippen molar-refractivity contribution < 1.29 is 9.53 Å². The second kappa shape index (κ2) is 7.10. The number of anilines is 1. The monoisotopic (exact) mass is 414 g/mol. The van der Waals surface area contributed by atoms with E-state index in [1.807, 2.05) is 13.0 Å². The molecule has 5 N–H and O–H groups in total. The topological polar surface area (TPSA) is 133 Å². The highest BCUT2D eigenvalue weighted by Crippen LogP contribution is 2.40. The Morgan fingerprint density at radius 1 is 1.36 bits per heavy atom. The molecule has 0 aliphatic heterocycles. The number of aromatic nitrogens is 4. The van der Waals surface area contributed by atoms with Gasteiger partial charge in [-0.15, -0.1) is 11.3 Å².